The first-order valence-electron chi connectivity index (χ1n) is 10.9. The number of carbonyl (C=O) groups excluding carboxylic acids is 3. The predicted molar refractivity (Wildman–Crippen MR) is 129 cm³/mol. The van der Waals surface area contributed by atoms with E-state index in [4.69, 9.17) is 4.74 Å². The molecule has 0 heterocycles. The summed E-state index contributed by atoms with van der Waals surface area (Å²) in [6, 6.07) is 11.6. The molecule has 2 rings (SSSR count). The number of phenolic OH excluding ortho intramolecular Hbond substituents is 1. The van der Waals surface area contributed by atoms with E-state index in [-0.39, 0.29) is 37.1 Å². The fourth-order valence-electron chi connectivity index (χ4n) is 2.78. The topological polar surface area (TPSA) is 175 Å². The maximum absolute atomic E-state index is 12.3. The van der Waals surface area contributed by atoms with E-state index in [0.717, 1.165) is 5.56 Å². The zero-order chi connectivity index (χ0) is 26.3. The number of ether oxygens (including phenoxy) is 2. The maximum atomic E-state index is 12.3. The summed E-state index contributed by atoms with van der Waals surface area (Å²) in [7, 11) is 0. The summed E-state index contributed by atoms with van der Waals surface area (Å²) in [4.78, 5) is 47.0. The maximum Gasteiger partial charge on any atom is 0.408 e. The average Bonchev–Trinajstić information content (AvgIpc) is 2.86. The van der Waals surface area contributed by atoms with Crippen molar-refractivity contribution in [2.24, 2.45) is 0 Å². The summed E-state index contributed by atoms with van der Waals surface area (Å²) in [6.45, 7) is 3.50. The SMILES string of the molecule is C=CCOC(=O)N[C@@H](CNC(=O)c1ccc(OCCNC(=O)NCc2ccccc2)cc1O)C(=O)O. The second-order valence-electron chi connectivity index (χ2n) is 7.25. The zero-order valence-corrected chi connectivity index (χ0v) is 19.4. The van der Waals surface area contributed by atoms with E-state index in [0.29, 0.717) is 6.54 Å². The second-order valence-corrected chi connectivity index (χ2v) is 7.25. The predicted octanol–water partition coefficient (Wildman–Crippen LogP) is 1.37. The molecule has 6 N–H and O–H groups in total. The Kier molecular flexibility index (Phi) is 11.1. The van der Waals surface area contributed by atoms with E-state index >= 15 is 0 Å². The molecule has 2 aromatic carbocycles. The van der Waals surface area contributed by atoms with Gasteiger partial charge in [-0.25, -0.2) is 14.4 Å². The van der Waals surface area contributed by atoms with Crippen molar-refractivity contribution < 1.29 is 38.9 Å². The van der Waals surface area contributed by atoms with Gasteiger partial charge in [0.1, 0.15) is 30.8 Å². The van der Waals surface area contributed by atoms with E-state index < -0.39 is 36.3 Å². The van der Waals surface area contributed by atoms with Gasteiger partial charge in [-0.15, -0.1) is 0 Å². The molecule has 12 heteroatoms. The monoisotopic (exact) mass is 500 g/mol. The molecule has 0 fully saturated rings. The van der Waals surface area contributed by atoms with Gasteiger partial charge in [0.2, 0.25) is 0 Å². The molecule has 0 aliphatic carbocycles. The van der Waals surface area contributed by atoms with E-state index in [1.165, 1.54) is 24.3 Å². The Bertz CT molecular complexity index is 1060. The quantitative estimate of drug-likeness (QED) is 0.176. The Balaban J connectivity index is 1.76. The van der Waals surface area contributed by atoms with Crippen LogP contribution in [0, 0.1) is 0 Å². The average molecular weight is 501 g/mol. The lowest BCUT2D eigenvalue weighted by Crippen LogP contribution is -2.48. The van der Waals surface area contributed by atoms with Gasteiger partial charge in [0.25, 0.3) is 5.91 Å². The van der Waals surface area contributed by atoms with Crippen molar-refractivity contribution in [3.8, 4) is 11.5 Å². The summed E-state index contributed by atoms with van der Waals surface area (Å²) < 4.78 is 10.1. The highest BCUT2D eigenvalue weighted by atomic mass is 16.5. The van der Waals surface area contributed by atoms with Crippen LogP contribution >= 0.6 is 0 Å². The van der Waals surface area contributed by atoms with Crippen LogP contribution in [-0.2, 0) is 16.1 Å². The molecule has 0 saturated carbocycles. The van der Waals surface area contributed by atoms with Crippen LogP contribution in [0.4, 0.5) is 9.59 Å². The van der Waals surface area contributed by atoms with Crippen molar-refractivity contribution in [3.05, 3.63) is 72.3 Å². The number of alkyl carbamates (subject to hydrolysis) is 1. The Morgan fingerprint density at radius 3 is 2.44 bits per heavy atom. The largest absolute Gasteiger partial charge is 0.507 e. The van der Waals surface area contributed by atoms with Gasteiger partial charge >= 0.3 is 18.1 Å². The summed E-state index contributed by atoms with van der Waals surface area (Å²) in [5.74, 6) is -2.29. The molecule has 0 saturated heterocycles. The van der Waals surface area contributed by atoms with Crippen molar-refractivity contribution in [2.75, 3.05) is 26.3 Å². The fourth-order valence-corrected chi connectivity index (χ4v) is 2.78. The van der Waals surface area contributed by atoms with Gasteiger partial charge in [-0.05, 0) is 17.7 Å². The number of nitrogens with one attached hydrogen (secondary N) is 4. The highest BCUT2D eigenvalue weighted by Crippen LogP contribution is 2.23. The number of hydrogen-bond donors (Lipinski definition) is 6. The van der Waals surface area contributed by atoms with Crippen LogP contribution in [0.5, 0.6) is 11.5 Å². The molecule has 12 nitrogen and oxygen atoms in total. The Labute approximate surface area is 207 Å². The lowest BCUT2D eigenvalue weighted by Gasteiger charge is -2.15. The van der Waals surface area contributed by atoms with E-state index in [1.807, 2.05) is 30.3 Å². The first-order valence-corrected chi connectivity index (χ1v) is 10.9. The molecule has 2 aromatic rings. The Morgan fingerprint density at radius 1 is 1.03 bits per heavy atom. The number of hydrogen-bond acceptors (Lipinski definition) is 7. The lowest BCUT2D eigenvalue weighted by atomic mass is 10.1. The number of rotatable bonds is 13. The van der Waals surface area contributed by atoms with Crippen LogP contribution in [0.1, 0.15) is 15.9 Å². The molecule has 0 radical (unpaired) electrons. The molecule has 1 atom stereocenters. The molecule has 192 valence electrons. The highest BCUT2D eigenvalue weighted by molar-refractivity contribution is 5.97. The van der Waals surface area contributed by atoms with E-state index in [9.17, 15) is 29.4 Å². The van der Waals surface area contributed by atoms with Crippen LogP contribution in [-0.4, -0.2) is 66.6 Å². The number of amides is 4. The number of aromatic hydroxyl groups is 1. The first kappa shape index (κ1) is 27.5. The van der Waals surface area contributed by atoms with Crippen LogP contribution in [0.15, 0.2) is 61.2 Å². The van der Waals surface area contributed by atoms with Gasteiger partial charge in [-0.1, -0.05) is 43.0 Å². The molecule has 0 aliphatic rings. The number of carbonyl (C=O) groups is 4. The minimum absolute atomic E-state index is 0.107. The zero-order valence-electron chi connectivity index (χ0n) is 19.4. The van der Waals surface area contributed by atoms with Gasteiger partial charge in [0, 0.05) is 19.2 Å². The van der Waals surface area contributed by atoms with Gasteiger partial charge in [0.15, 0.2) is 0 Å². The van der Waals surface area contributed by atoms with Crippen LogP contribution in [0.3, 0.4) is 0 Å². The molecule has 0 unspecified atom stereocenters. The summed E-state index contributed by atoms with van der Waals surface area (Å²) in [5.41, 5.74) is 0.836. The summed E-state index contributed by atoms with van der Waals surface area (Å²) >= 11 is 0. The number of benzene rings is 2. The van der Waals surface area contributed by atoms with Crippen LogP contribution in [0.2, 0.25) is 0 Å². The lowest BCUT2D eigenvalue weighted by molar-refractivity contribution is -0.139. The second kappa shape index (κ2) is 14.5. The van der Waals surface area contributed by atoms with Gasteiger partial charge in [-0.3, -0.25) is 4.79 Å². The normalized spacial score (nSPS) is 10.9. The van der Waals surface area contributed by atoms with Crippen LogP contribution in [0.25, 0.3) is 0 Å². The number of phenols is 1. The van der Waals surface area contributed by atoms with E-state index in [2.05, 4.69) is 32.6 Å². The van der Waals surface area contributed by atoms with Crippen molar-refractivity contribution >= 4 is 24.0 Å². The fraction of sp³-hybridized carbons (Fsp3) is 0.250. The first-order chi connectivity index (χ1) is 17.3. The number of urea groups is 1. The number of carboxylic acid groups (broad SMARTS) is 1. The van der Waals surface area contributed by atoms with E-state index in [1.54, 1.807) is 0 Å². The van der Waals surface area contributed by atoms with Gasteiger partial charge in [-0.2, -0.15) is 0 Å². The van der Waals surface area contributed by atoms with Crippen molar-refractivity contribution in [1.82, 2.24) is 21.3 Å². The molecule has 0 bridgehead atoms. The molecule has 0 spiro atoms. The minimum atomic E-state index is -1.45. The summed E-state index contributed by atoms with van der Waals surface area (Å²) in [6.07, 6.45) is 0.331. The standard InChI is InChI=1S/C24H28N4O8/c1-2-11-36-24(34)28-19(22(31)32)15-26-21(30)18-9-8-17(13-20(18)29)35-12-10-25-23(33)27-14-16-6-4-3-5-7-16/h2-9,13,19,29H,1,10-12,14-15H2,(H,26,30)(H,28,34)(H,31,32)(H2,25,27,33)/t19-/m0/s1. The molecule has 0 aliphatic heterocycles. The summed E-state index contributed by atoms with van der Waals surface area (Å²) in [5, 5.41) is 29.1. The highest BCUT2D eigenvalue weighted by Gasteiger charge is 2.22. The third-order valence-corrected chi connectivity index (χ3v) is 4.56. The van der Waals surface area contributed by atoms with Crippen LogP contribution < -0.4 is 26.0 Å². The van der Waals surface area contributed by atoms with Crippen molar-refractivity contribution in [1.29, 1.82) is 0 Å². The van der Waals surface area contributed by atoms with Gasteiger partial charge in [0.05, 0.1) is 12.1 Å². The minimum Gasteiger partial charge on any atom is -0.507 e. The number of carboxylic acids is 1. The molecular formula is C24H28N4O8. The smallest absolute Gasteiger partial charge is 0.408 e. The third-order valence-electron chi connectivity index (χ3n) is 4.56. The van der Waals surface area contributed by atoms with Crippen molar-refractivity contribution in [2.45, 2.75) is 12.6 Å². The third kappa shape index (κ3) is 9.63. The molecule has 36 heavy (non-hydrogen) atoms. The van der Waals surface area contributed by atoms with Gasteiger partial charge < -0.3 is 41.0 Å². The molecular weight excluding hydrogens is 472 g/mol. The Hall–Kier alpha value is -4.74. The number of aliphatic carboxylic acids is 1. The molecule has 0 aromatic heterocycles. The Morgan fingerprint density at radius 2 is 1.78 bits per heavy atom. The molecule has 4 amide bonds. The van der Waals surface area contributed by atoms with Crippen molar-refractivity contribution in [3.63, 3.8) is 0 Å².